The monoisotopic (exact) mass is 325 g/mol. The van der Waals surface area contributed by atoms with Gasteiger partial charge < -0.3 is 0 Å². The number of aliphatic imine (C=N–C) groups is 1. The fourth-order valence-corrected chi connectivity index (χ4v) is 3.68. The third-order valence-electron chi connectivity index (χ3n) is 4.62. The quantitative estimate of drug-likeness (QED) is 0.687. The van der Waals surface area contributed by atoms with Crippen LogP contribution < -0.4 is 0 Å². The number of nitrogens with zero attached hydrogens (tertiary/aromatic N) is 1. The van der Waals surface area contributed by atoms with E-state index in [0.717, 1.165) is 30.9 Å². The summed E-state index contributed by atoms with van der Waals surface area (Å²) in [7, 11) is 0. The molecule has 0 N–H and O–H groups in total. The lowest BCUT2D eigenvalue weighted by Crippen LogP contribution is -2.20. The Balaban J connectivity index is 1.70. The van der Waals surface area contributed by atoms with E-state index in [1.165, 1.54) is 24.0 Å². The summed E-state index contributed by atoms with van der Waals surface area (Å²) in [6.07, 6.45) is 6.78. The fraction of sp³-hybridized carbons (Fsp3) is 0.381. The summed E-state index contributed by atoms with van der Waals surface area (Å²) < 4.78 is 0. The van der Waals surface area contributed by atoms with Crippen molar-refractivity contribution in [2.75, 3.05) is 0 Å². The zero-order valence-corrected chi connectivity index (χ0v) is 14.3. The molecule has 120 valence electrons. The number of halogens is 1. The molecule has 0 amide bonds. The van der Waals surface area contributed by atoms with Crippen molar-refractivity contribution in [3.05, 3.63) is 71.8 Å². The summed E-state index contributed by atoms with van der Waals surface area (Å²) in [6.45, 7) is 0. The van der Waals surface area contributed by atoms with E-state index in [2.05, 4.69) is 60.7 Å². The molecular formula is C21H24ClN. The predicted octanol–water partition coefficient (Wildman–Crippen LogP) is 5.67. The smallest absolute Gasteiger partial charge is 0.104 e. The Hall–Kier alpha value is -1.60. The molecule has 0 radical (unpaired) electrons. The Bertz CT molecular complexity index is 621. The van der Waals surface area contributed by atoms with E-state index < -0.39 is 0 Å². The van der Waals surface area contributed by atoms with E-state index >= 15 is 0 Å². The van der Waals surface area contributed by atoms with Crippen molar-refractivity contribution < 1.29 is 0 Å². The number of hydrogen-bond acceptors (Lipinski definition) is 1. The second kappa shape index (κ2) is 8.31. The first-order valence-corrected chi connectivity index (χ1v) is 9.00. The van der Waals surface area contributed by atoms with Crippen molar-refractivity contribution in [1.82, 2.24) is 0 Å². The van der Waals surface area contributed by atoms with E-state index in [1.54, 1.807) is 0 Å². The first-order valence-electron chi connectivity index (χ1n) is 8.62. The maximum absolute atomic E-state index is 6.62. The predicted molar refractivity (Wildman–Crippen MR) is 99.3 cm³/mol. The molecule has 0 saturated heterocycles. The highest BCUT2D eigenvalue weighted by atomic mass is 35.5. The third-order valence-corrected chi connectivity index (χ3v) is 5.03. The average Bonchev–Trinajstić information content (AvgIpc) is 2.58. The highest BCUT2D eigenvalue weighted by Gasteiger charge is 2.20. The van der Waals surface area contributed by atoms with Gasteiger partial charge >= 0.3 is 0 Å². The van der Waals surface area contributed by atoms with Gasteiger partial charge in [0.05, 0.1) is 6.04 Å². The summed E-state index contributed by atoms with van der Waals surface area (Å²) >= 11 is 6.62. The molecule has 2 aromatic carbocycles. The van der Waals surface area contributed by atoms with Gasteiger partial charge in [-0.05, 0) is 36.8 Å². The number of benzene rings is 2. The van der Waals surface area contributed by atoms with Crippen LogP contribution in [0.5, 0.6) is 0 Å². The van der Waals surface area contributed by atoms with Crippen LogP contribution in [0.4, 0.5) is 0 Å². The number of rotatable bonds is 4. The van der Waals surface area contributed by atoms with E-state index in [9.17, 15) is 0 Å². The van der Waals surface area contributed by atoms with Gasteiger partial charge in [-0.2, -0.15) is 0 Å². The lowest BCUT2D eigenvalue weighted by atomic mass is 9.91. The molecule has 1 nitrogen and oxygen atoms in total. The molecule has 0 aromatic heterocycles. The minimum atomic E-state index is 0.323. The van der Waals surface area contributed by atoms with Gasteiger partial charge in [-0.1, -0.05) is 85.1 Å². The van der Waals surface area contributed by atoms with E-state index in [0.29, 0.717) is 12.0 Å². The van der Waals surface area contributed by atoms with Crippen LogP contribution in [0.15, 0.2) is 65.7 Å². The molecule has 0 bridgehead atoms. The average molecular weight is 326 g/mol. The summed E-state index contributed by atoms with van der Waals surface area (Å²) in [4.78, 5) is 4.89. The Kier molecular flexibility index (Phi) is 5.87. The van der Waals surface area contributed by atoms with Crippen LogP contribution in [-0.4, -0.2) is 11.2 Å². The van der Waals surface area contributed by atoms with E-state index in [4.69, 9.17) is 16.6 Å². The Morgan fingerprint density at radius 3 is 2.00 bits per heavy atom. The largest absolute Gasteiger partial charge is 0.274 e. The Labute approximate surface area is 144 Å². The highest BCUT2D eigenvalue weighted by Crippen LogP contribution is 2.25. The summed E-state index contributed by atoms with van der Waals surface area (Å²) in [6, 6.07) is 21.6. The molecular weight excluding hydrogens is 302 g/mol. The van der Waals surface area contributed by atoms with E-state index in [-0.39, 0.29) is 0 Å². The Morgan fingerprint density at radius 2 is 1.35 bits per heavy atom. The van der Waals surface area contributed by atoms with Crippen molar-refractivity contribution in [3.63, 3.8) is 0 Å². The SMILES string of the molecule is ClC1=NC(Cc2ccccc2)CCCCC1Cc1ccccc1. The van der Waals surface area contributed by atoms with Crippen LogP contribution in [0, 0.1) is 5.92 Å². The van der Waals surface area contributed by atoms with Crippen LogP contribution in [0.3, 0.4) is 0 Å². The maximum Gasteiger partial charge on any atom is 0.104 e. The zero-order chi connectivity index (χ0) is 15.9. The third kappa shape index (κ3) is 4.94. The first-order chi connectivity index (χ1) is 11.3. The fourth-order valence-electron chi connectivity index (χ4n) is 3.35. The second-order valence-corrected chi connectivity index (χ2v) is 6.85. The molecule has 0 fully saturated rings. The zero-order valence-electron chi connectivity index (χ0n) is 13.5. The van der Waals surface area contributed by atoms with Crippen LogP contribution in [-0.2, 0) is 12.8 Å². The molecule has 1 heterocycles. The molecule has 3 rings (SSSR count). The molecule has 2 atom stereocenters. The maximum atomic E-state index is 6.62. The minimum absolute atomic E-state index is 0.323. The lowest BCUT2D eigenvalue weighted by Gasteiger charge is -2.22. The molecule has 0 saturated carbocycles. The number of hydrogen-bond donors (Lipinski definition) is 0. The molecule has 1 aliphatic heterocycles. The van der Waals surface area contributed by atoms with Crippen molar-refractivity contribution in [3.8, 4) is 0 Å². The van der Waals surface area contributed by atoms with Crippen LogP contribution >= 0.6 is 11.6 Å². The normalized spacial score (nSPS) is 22.0. The molecule has 2 unspecified atom stereocenters. The van der Waals surface area contributed by atoms with Gasteiger partial charge in [0, 0.05) is 5.92 Å². The van der Waals surface area contributed by atoms with Gasteiger partial charge in [-0.3, -0.25) is 4.99 Å². The van der Waals surface area contributed by atoms with Gasteiger partial charge in [0.1, 0.15) is 5.17 Å². The molecule has 2 heteroatoms. The second-order valence-electron chi connectivity index (χ2n) is 6.47. The van der Waals surface area contributed by atoms with Crippen molar-refractivity contribution >= 4 is 16.8 Å². The van der Waals surface area contributed by atoms with Gasteiger partial charge in [-0.15, -0.1) is 0 Å². The van der Waals surface area contributed by atoms with Gasteiger partial charge in [0.25, 0.3) is 0 Å². The highest BCUT2D eigenvalue weighted by molar-refractivity contribution is 6.65. The van der Waals surface area contributed by atoms with Crippen LogP contribution in [0.2, 0.25) is 0 Å². The topological polar surface area (TPSA) is 12.4 Å². The van der Waals surface area contributed by atoms with Crippen molar-refractivity contribution in [2.24, 2.45) is 10.9 Å². The van der Waals surface area contributed by atoms with Crippen LogP contribution in [0.1, 0.15) is 36.8 Å². The first kappa shape index (κ1) is 16.3. The van der Waals surface area contributed by atoms with E-state index in [1.807, 2.05) is 0 Å². The van der Waals surface area contributed by atoms with Gasteiger partial charge in [0.15, 0.2) is 0 Å². The summed E-state index contributed by atoms with van der Waals surface area (Å²) in [5, 5.41) is 0.828. The Morgan fingerprint density at radius 1 is 0.783 bits per heavy atom. The summed E-state index contributed by atoms with van der Waals surface area (Å²) in [5.74, 6) is 0.373. The molecule has 2 aromatic rings. The summed E-state index contributed by atoms with van der Waals surface area (Å²) in [5.41, 5.74) is 2.71. The standard InChI is InChI=1S/C21H24ClN/c22-21-19(15-17-9-3-1-4-10-17)13-7-8-14-20(23-21)16-18-11-5-2-6-12-18/h1-6,9-12,19-20H,7-8,13-16H2. The molecule has 0 aliphatic carbocycles. The van der Waals surface area contributed by atoms with Crippen molar-refractivity contribution in [1.29, 1.82) is 0 Å². The minimum Gasteiger partial charge on any atom is -0.274 e. The molecule has 1 aliphatic rings. The molecule has 23 heavy (non-hydrogen) atoms. The van der Waals surface area contributed by atoms with Gasteiger partial charge in [-0.25, -0.2) is 0 Å². The van der Waals surface area contributed by atoms with Crippen molar-refractivity contribution in [2.45, 2.75) is 44.6 Å². The van der Waals surface area contributed by atoms with Crippen LogP contribution in [0.25, 0.3) is 0 Å². The lowest BCUT2D eigenvalue weighted by molar-refractivity contribution is 0.492. The van der Waals surface area contributed by atoms with Gasteiger partial charge in [0.2, 0.25) is 0 Å². The molecule has 0 spiro atoms.